The Morgan fingerprint density at radius 1 is 1.35 bits per heavy atom. The number of halogens is 2. The van der Waals surface area contributed by atoms with E-state index in [1.54, 1.807) is 0 Å². The SMILES string of the molecule is CC(C)CNC(C)c1nnnn1-c1cc(F)ccc1Cl. The van der Waals surface area contributed by atoms with Crippen molar-refractivity contribution in [1.29, 1.82) is 0 Å². The highest BCUT2D eigenvalue weighted by Gasteiger charge is 2.17. The number of benzene rings is 1. The Bertz CT molecular complexity index is 584. The summed E-state index contributed by atoms with van der Waals surface area (Å²) in [5.74, 6) is 0.728. The van der Waals surface area contributed by atoms with Crippen LogP contribution in [-0.2, 0) is 0 Å². The fourth-order valence-corrected chi connectivity index (χ4v) is 1.99. The van der Waals surface area contributed by atoms with Crippen molar-refractivity contribution in [2.45, 2.75) is 26.8 Å². The summed E-state index contributed by atoms with van der Waals surface area (Å²) in [6.45, 7) is 7.03. The number of nitrogens with one attached hydrogen (secondary N) is 1. The summed E-state index contributed by atoms with van der Waals surface area (Å²) in [5.41, 5.74) is 0.435. The number of rotatable bonds is 5. The van der Waals surface area contributed by atoms with Gasteiger partial charge in [-0.25, -0.2) is 4.39 Å². The maximum atomic E-state index is 13.4. The molecule has 0 aliphatic heterocycles. The van der Waals surface area contributed by atoms with Gasteiger partial charge in [0, 0.05) is 6.07 Å². The van der Waals surface area contributed by atoms with Crippen LogP contribution in [0.4, 0.5) is 4.39 Å². The van der Waals surface area contributed by atoms with Crippen LogP contribution in [0.25, 0.3) is 5.69 Å². The Balaban J connectivity index is 2.30. The van der Waals surface area contributed by atoms with E-state index in [2.05, 4.69) is 34.7 Å². The third-order valence-electron chi connectivity index (χ3n) is 2.85. The van der Waals surface area contributed by atoms with Crippen LogP contribution in [0.5, 0.6) is 0 Å². The molecule has 0 amide bonds. The van der Waals surface area contributed by atoms with E-state index < -0.39 is 0 Å². The highest BCUT2D eigenvalue weighted by molar-refractivity contribution is 6.32. The zero-order valence-corrected chi connectivity index (χ0v) is 12.4. The second-order valence-electron chi connectivity index (χ2n) is 5.07. The van der Waals surface area contributed by atoms with Gasteiger partial charge in [0.2, 0.25) is 0 Å². The molecule has 0 aliphatic carbocycles. The molecule has 0 bridgehead atoms. The number of nitrogens with zero attached hydrogens (tertiary/aromatic N) is 4. The van der Waals surface area contributed by atoms with Crippen molar-refractivity contribution in [2.75, 3.05) is 6.54 Å². The molecule has 7 heteroatoms. The van der Waals surface area contributed by atoms with E-state index in [0.29, 0.717) is 22.5 Å². The quantitative estimate of drug-likeness (QED) is 0.922. The molecule has 0 saturated heterocycles. The summed E-state index contributed by atoms with van der Waals surface area (Å²) in [7, 11) is 0. The Kier molecular flexibility index (Phi) is 4.67. The van der Waals surface area contributed by atoms with Crippen LogP contribution in [-0.4, -0.2) is 26.8 Å². The highest BCUT2D eigenvalue weighted by atomic mass is 35.5. The first-order chi connectivity index (χ1) is 9.49. The first-order valence-electron chi connectivity index (χ1n) is 6.46. The lowest BCUT2D eigenvalue weighted by molar-refractivity contribution is 0.474. The van der Waals surface area contributed by atoms with Gasteiger partial charge < -0.3 is 5.32 Å². The third-order valence-corrected chi connectivity index (χ3v) is 3.17. The molecule has 1 heterocycles. The Morgan fingerprint density at radius 3 is 2.80 bits per heavy atom. The fourth-order valence-electron chi connectivity index (χ4n) is 1.79. The van der Waals surface area contributed by atoms with Crippen LogP contribution >= 0.6 is 11.6 Å². The largest absolute Gasteiger partial charge is 0.307 e. The van der Waals surface area contributed by atoms with Gasteiger partial charge >= 0.3 is 0 Å². The van der Waals surface area contributed by atoms with Gasteiger partial charge in [0.1, 0.15) is 5.82 Å². The van der Waals surface area contributed by atoms with Crippen molar-refractivity contribution in [3.63, 3.8) is 0 Å². The smallest absolute Gasteiger partial charge is 0.173 e. The van der Waals surface area contributed by atoms with Crippen molar-refractivity contribution in [2.24, 2.45) is 5.92 Å². The zero-order chi connectivity index (χ0) is 14.7. The van der Waals surface area contributed by atoms with Gasteiger partial charge in [-0.15, -0.1) is 5.10 Å². The topological polar surface area (TPSA) is 55.6 Å². The summed E-state index contributed by atoms with van der Waals surface area (Å²) in [6, 6.07) is 4.05. The third kappa shape index (κ3) is 3.32. The minimum absolute atomic E-state index is 0.0632. The molecule has 0 saturated carbocycles. The van der Waals surface area contributed by atoms with Gasteiger partial charge in [-0.05, 0) is 41.9 Å². The average Bonchev–Trinajstić information content (AvgIpc) is 2.88. The van der Waals surface area contributed by atoms with E-state index in [-0.39, 0.29) is 11.9 Å². The van der Waals surface area contributed by atoms with Gasteiger partial charge in [-0.1, -0.05) is 25.4 Å². The molecule has 1 unspecified atom stereocenters. The first-order valence-corrected chi connectivity index (χ1v) is 6.84. The highest BCUT2D eigenvalue weighted by Crippen LogP contribution is 2.23. The minimum Gasteiger partial charge on any atom is -0.307 e. The summed E-state index contributed by atoms with van der Waals surface area (Å²) in [5, 5.41) is 15.3. The Hall–Kier alpha value is -1.53. The number of aromatic nitrogens is 4. The van der Waals surface area contributed by atoms with Crippen molar-refractivity contribution in [1.82, 2.24) is 25.5 Å². The molecule has 0 fully saturated rings. The molecule has 0 spiro atoms. The molecule has 2 rings (SSSR count). The van der Waals surface area contributed by atoms with E-state index in [4.69, 9.17) is 11.6 Å². The van der Waals surface area contributed by atoms with Crippen LogP contribution in [0.15, 0.2) is 18.2 Å². The van der Waals surface area contributed by atoms with E-state index in [0.717, 1.165) is 6.54 Å². The van der Waals surface area contributed by atoms with Crippen molar-refractivity contribution in [3.05, 3.63) is 34.9 Å². The maximum absolute atomic E-state index is 13.4. The number of hydrogen-bond acceptors (Lipinski definition) is 4. The standard InChI is InChI=1S/C13H17ClFN5/c1-8(2)7-16-9(3)13-17-18-19-20(13)12-6-10(15)4-5-11(12)14/h4-6,8-9,16H,7H2,1-3H3. The molecule has 1 aromatic heterocycles. The molecular formula is C13H17ClFN5. The predicted octanol–water partition coefficient (Wildman–Crippen LogP) is 2.76. The summed E-state index contributed by atoms with van der Waals surface area (Å²) in [4.78, 5) is 0. The molecule has 0 aliphatic rings. The summed E-state index contributed by atoms with van der Waals surface area (Å²) >= 11 is 6.09. The summed E-state index contributed by atoms with van der Waals surface area (Å²) < 4.78 is 14.8. The van der Waals surface area contributed by atoms with Gasteiger partial charge in [0.25, 0.3) is 0 Å². The second kappa shape index (κ2) is 6.28. The lowest BCUT2D eigenvalue weighted by Gasteiger charge is -2.15. The number of tetrazole rings is 1. The first kappa shape index (κ1) is 14.9. The second-order valence-corrected chi connectivity index (χ2v) is 5.48. The molecule has 108 valence electrons. The maximum Gasteiger partial charge on any atom is 0.173 e. The summed E-state index contributed by atoms with van der Waals surface area (Å²) in [6.07, 6.45) is 0. The molecular weight excluding hydrogens is 281 g/mol. The molecule has 20 heavy (non-hydrogen) atoms. The molecule has 1 aromatic carbocycles. The van der Waals surface area contributed by atoms with Crippen molar-refractivity contribution >= 4 is 11.6 Å². The zero-order valence-electron chi connectivity index (χ0n) is 11.6. The molecule has 5 nitrogen and oxygen atoms in total. The Morgan fingerprint density at radius 2 is 2.10 bits per heavy atom. The van der Waals surface area contributed by atoms with E-state index in [9.17, 15) is 4.39 Å². The van der Waals surface area contributed by atoms with Crippen molar-refractivity contribution < 1.29 is 4.39 Å². The predicted molar refractivity (Wildman–Crippen MR) is 75.4 cm³/mol. The Labute approximate surface area is 122 Å². The van der Waals surface area contributed by atoms with Gasteiger partial charge in [-0.2, -0.15) is 4.68 Å². The van der Waals surface area contributed by atoms with Crippen LogP contribution in [0.3, 0.4) is 0 Å². The minimum atomic E-state index is -0.381. The lowest BCUT2D eigenvalue weighted by Crippen LogP contribution is -2.25. The van der Waals surface area contributed by atoms with Crippen LogP contribution in [0.1, 0.15) is 32.6 Å². The molecule has 1 atom stereocenters. The van der Waals surface area contributed by atoms with Crippen LogP contribution in [0.2, 0.25) is 5.02 Å². The van der Waals surface area contributed by atoms with Gasteiger partial charge in [-0.3, -0.25) is 0 Å². The van der Waals surface area contributed by atoms with E-state index in [1.807, 2.05) is 6.92 Å². The van der Waals surface area contributed by atoms with E-state index in [1.165, 1.54) is 22.9 Å². The normalized spacial score (nSPS) is 12.9. The molecule has 0 radical (unpaired) electrons. The van der Waals surface area contributed by atoms with Crippen LogP contribution in [0, 0.1) is 11.7 Å². The van der Waals surface area contributed by atoms with Gasteiger partial charge in [0.05, 0.1) is 16.8 Å². The molecule has 2 aromatic rings. The van der Waals surface area contributed by atoms with Gasteiger partial charge in [0.15, 0.2) is 5.82 Å². The van der Waals surface area contributed by atoms with E-state index >= 15 is 0 Å². The van der Waals surface area contributed by atoms with Crippen molar-refractivity contribution in [3.8, 4) is 5.69 Å². The molecule has 1 N–H and O–H groups in total. The average molecular weight is 298 g/mol. The monoisotopic (exact) mass is 297 g/mol. The number of hydrogen-bond donors (Lipinski definition) is 1. The fraction of sp³-hybridized carbons (Fsp3) is 0.462. The van der Waals surface area contributed by atoms with Crippen LogP contribution < -0.4 is 5.32 Å². The lowest BCUT2D eigenvalue weighted by atomic mass is 10.2.